The summed E-state index contributed by atoms with van der Waals surface area (Å²) in [6, 6.07) is 17.6. The van der Waals surface area contributed by atoms with Gasteiger partial charge in [0.25, 0.3) is 0 Å². The Morgan fingerprint density at radius 1 is 1.00 bits per heavy atom. The molecule has 0 amide bonds. The Balaban J connectivity index is 2.20. The Bertz CT molecular complexity index is 795. The number of carboxylic acids is 1. The van der Waals surface area contributed by atoms with E-state index in [9.17, 15) is 9.90 Å². The lowest BCUT2D eigenvalue weighted by Crippen LogP contribution is -2.01. The number of carbonyl (C=O) groups is 1. The number of pyridine rings is 1. The van der Waals surface area contributed by atoms with Crippen LogP contribution in [-0.4, -0.2) is 16.1 Å². The molecule has 0 aliphatic carbocycles. The van der Waals surface area contributed by atoms with E-state index >= 15 is 0 Å². The highest BCUT2D eigenvalue weighted by atomic mass is 16.4. The second-order valence-electron chi connectivity index (χ2n) is 4.70. The van der Waals surface area contributed by atoms with Gasteiger partial charge >= 0.3 is 5.97 Å². The maximum atomic E-state index is 11.2. The molecule has 1 N–H and O–H groups in total. The molecule has 0 bridgehead atoms. The molecule has 0 saturated carbocycles. The molecule has 1 aromatic heterocycles. The minimum atomic E-state index is -0.943. The lowest BCUT2D eigenvalue weighted by Gasteiger charge is -2.06. The first-order valence-corrected chi connectivity index (χ1v) is 6.35. The predicted octanol–water partition coefficient (Wildman–Crippen LogP) is 3.91. The van der Waals surface area contributed by atoms with Crippen molar-refractivity contribution in [1.29, 1.82) is 0 Å². The van der Waals surface area contributed by atoms with Gasteiger partial charge in [0.2, 0.25) is 0 Å². The third-order valence-electron chi connectivity index (χ3n) is 3.34. The van der Waals surface area contributed by atoms with E-state index in [0.717, 1.165) is 22.0 Å². The molecular formula is C17H13NO2. The molecule has 2 aromatic carbocycles. The number of rotatable bonds is 2. The number of aryl methyl sites for hydroxylation is 1. The van der Waals surface area contributed by atoms with Crippen LogP contribution in [0.1, 0.15) is 16.1 Å². The van der Waals surface area contributed by atoms with Gasteiger partial charge in [0, 0.05) is 5.39 Å². The lowest BCUT2D eigenvalue weighted by molar-refractivity contribution is 0.0696. The number of benzene rings is 2. The van der Waals surface area contributed by atoms with E-state index in [2.05, 4.69) is 4.98 Å². The minimum absolute atomic E-state index is 0.253. The highest BCUT2D eigenvalue weighted by Crippen LogP contribution is 2.24. The van der Waals surface area contributed by atoms with Gasteiger partial charge in [-0.05, 0) is 36.2 Å². The molecule has 0 fully saturated rings. The van der Waals surface area contributed by atoms with Crippen LogP contribution in [0.15, 0.2) is 54.6 Å². The van der Waals surface area contributed by atoms with Crippen molar-refractivity contribution >= 4 is 16.9 Å². The van der Waals surface area contributed by atoms with Crippen LogP contribution in [0.4, 0.5) is 0 Å². The van der Waals surface area contributed by atoms with Gasteiger partial charge in [-0.25, -0.2) is 4.79 Å². The molecule has 0 spiro atoms. The molecule has 3 nitrogen and oxygen atoms in total. The Morgan fingerprint density at radius 3 is 2.45 bits per heavy atom. The molecule has 20 heavy (non-hydrogen) atoms. The Kier molecular flexibility index (Phi) is 2.95. The topological polar surface area (TPSA) is 50.2 Å². The average molecular weight is 263 g/mol. The van der Waals surface area contributed by atoms with Gasteiger partial charge in [-0.1, -0.05) is 36.4 Å². The van der Waals surface area contributed by atoms with Crippen molar-refractivity contribution in [2.24, 2.45) is 0 Å². The van der Waals surface area contributed by atoms with Gasteiger partial charge in [-0.3, -0.25) is 4.98 Å². The molecule has 98 valence electrons. The quantitative estimate of drug-likeness (QED) is 0.762. The largest absolute Gasteiger partial charge is 0.478 e. The summed E-state index contributed by atoms with van der Waals surface area (Å²) < 4.78 is 0. The third kappa shape index (κ3) is 2.14. The summed E-state index contributed by atoms with van der Waals surface area (Å²) in [6.07, 6.45) is 0. The fourth-order valence-electron chi connectivity index (χ4n) is 2.30. The smallest absolute Gasteiger partial charge is 0.337 e. The van der Waals surface area contributed by atoms with Gasteiger partial charge in [0.15, 0.2) is 0 Å². The molecule has 3 aromatic rings. The van der Waals surface area contributed by atoms with Crippen molar-refractivity contribution in [3.63, 3.8) is 0 Å². The van der Waals surface area contributed by atoms with Gasteiger partial charge in [0.1, 0.15) is 0 Å². The molecule has 0 radical (unpaired) electrons. The third-order valence-corrected chi connectivity index (χ3v) is 3.34. The van der Waals surface area contributed by atoms with E-state index in [1.165, 1.54) is 0 Å². The zero-order valence-electron chi connectivity index (χ0n) is 11.0. The number of carboxylic acid groups (broad SMARTS) is 1. The summed E-state index contributed by atoms with van der Waals surface area (Å²) in [5.74, 6) is -0.943. The maximum absolute atomic E-state index is 11.2. The number of aromatic carboxylic acids is 1. The fraction of sp³-hybridized carbons (Fsp3) is 0.0588. The first-order chi connectivity index (χ1) is 9.65. The summed E-state index contributed by atoms with van der Waals surface area (Å²) in [5, 5.41) is 10.0. The normalized spacial score (nSPS) is 10.7. The van der Waals surface area contributed by atoms with Crippen molar-refractivity contribution in [2.75, 3.05) is 0 Å². The van der Waals surface area contributed by atoms with Crippen LogP contribution < -0.4 is 0 Å². The average Bonchev–Trinajstić information content (AvgIpc) is 2.47. The van der Waals surface area contributed by atoms with E-state index in [1.54, 1.807) is 13.0 Å². The lowest BCUT2D eigenvalue weighted by atomic mass is 10.0. The molecule has 0 aliphatic rings. The molecule has 0 unspecified atom stereocenters. The van der Waals surface area contributed by atoms with Crippen LogP contribution in [0.25, 0.3) is 22.0 Å². The number of hydrogen-bond donors (Lipinski definition) is 1. The molecule has 0 aliphatic heterocycles. The van der Waals surface area contributed by atoms with Gasteiger partial charge in [-0.2, -0.15) is 0 Å². The first-order valence-electron chi connectivity index (χ1n) is 6.35. The van der Waals surface area contributed by atoms with Crippen molar-refractivity contribution in [3.05, 3.63) is 65.9 Å². The Morgan fingerprint density at radius 2 is 1.75 bits per heavy atom. The van der Waals surface area contributed by atoms with E-state index in [0.29, 0.717) is 5.69 Å². The molecular weight excluding hydrogens is 250 g/mol. The zero-order chi connectivity index (χ0) is 14.1. The number of aromatic nitrogens is 1. The standard InChI is InChI=1S/C17H13NO2/c1-11-15(17(19)20)10-14-9-13(7-8-16(14)18-11)12-5-3-2-4-6-12/h2-10H,1H3,(H,19,20). The van der Waals surface area contributed by atoms with Crippen LogP contribution in [0.2, 0.25) is 0 Å². The summed E-state index contributed by atoms with van der Waals surface area (Å²) in [7, 11) is 0. The van der Waals surface area contributed by atoms with Crippen molar-refractivity contribution in [2.45, 2.75) is 6.92 Å². The number of hydrogen-bond acceptors (Lipinski definition) is 2. The molecule has 3 heteroatoms. The monoisotopic (exact) mass is 263 g/mol. The summed E-state index contributed by atoms with van der Waals surface area (Å²) in [6.45, 7) is 1.72. The van der Waals surface area contributed by atoms with E-state index in [1.807, 2.05) is 48.5 Å². The van der Waals surface area contributed by atoms with Gasteiger partial charge in [-0.15, -0.1) is 0 Å². The van der Waals surface area contributed by atoms with E-state index in [-0.39, 0.29) is 5.56 Å². The maximum Gasteiger partial charge on any atom is 0.337 e. The van der Waals surface area contributed by atoms with Crippen LogP contribution >= 0.6 is 0 Å². The first kappa shape index (κ1) is 12.4. The SMILES string of the molecule is Cc1nc2ccc(-c3ccccc3)cc2cc1C(=O)O. The van der Waals surface area contributed by atoms with Gasteiger partial charge in [0.05, 0.1) is 16.8 Å². The highest BCUT2D eigenvalue weighted by Gasteiger charge is 2.10. The molecule has 1 heterocycles. The predicted molar refractivity (Wildman–Crippen MR) is 78.9 cm³/mol. The summed E-state index contributed by atoms with van der Waals surface area (Å²) in [5.41, 5.74) is 3.76. The van der Waals surface area contributed by atoms with Crippen LogP contribution in [0, 0.1) is 6.92 Å². The van der Waals surface area contributed by atoms with Crippen LogP contribution in [0.5, 0.6) is 0 Å². The van der Waals surface area contributed by atoms with Crippen molar-refractivity contribution in [3.8, 4) is 11.1 Å². The highest BCUT2D eigenvalue weighted by molar-refractivity contribution is 5.95. The Hall–Kier alpha value is -2.68. The van der Waals surface area contributed by atoms with E-state index < -0.39 is 5.97 Å². The van der Waals surface area contributed by atoms with E-state index in [4.69, 9.17) is 0 Å². The van der Waals surface area contributed by atoms with Crippen LogP contribution in [-0.2, 0) is 0 Å². The fourth-order valence-corrected chi connectivity index (χ4v) is 2.30. The summed E-state index contributed by atoms with van der Waals surface area (Å²) in [4.78, 5) is 15.5. The van der Waals surface area contributed by atoms with Crippen molar-refractivity contribution in [1.82, 2.24) is 4.98 Å². The van der Waals surface area contributed by atoms with Gasteiger partial charge < -0.3 is 5.11 Å². The molecule has 0 saturated heterocycles. The summed E-state index contributed by atoms with van der Waals surface area (Å²) >= 11 is 0. The number of fused-ring (bicyclic) bond motifs is 1. The number of nitrogens with zero attached hydrogens (tertiary/aromatic N) is 1. The van der Waals surface area contributed by atoms with Crippen molar-refractivity contribution < 1.29 is 9.90 Å². The second kappa shape index (κ2) is 4.78. The zero-order valence-corrected chi connectivity index (χ0v) is 11.0. The minimum Gasteiger partial charge on any atom is -0.478 e. The molecule has 3 rings (SSSR count). The second-order valence-corrected chi connectivity index (χ2v) is 4.70. The molecule has 0 atom stereocenters. The van der Waals surface area contributed by atoms with Crippen LogP contribution in [0.3, 0.4) is 0 Å². The Labute approximate surface area is 116 Å².